The topological polar surface area (TPSA) is 42.1 Å². The minimum absolute atomic E-state index is 0. The molecule has 1 aromatic rings. The molecular weight excluding hydrogens is 301 g/mol. The molecule has 1 unspecified atom stereocenters. The second-order valence-corrected chi connectivity index (χ2v) is 6.38. The Morgan fingerprint density at radius 1 is 1.11 bits per heavy atom. The number of nitrogen functional groups attached to an aromatic ring is 1. The Morgan fingerprint density at radius 2 is 1.79 bits per heavy atom. The first-order valence-corrected chi connectivity index (χ1v) is 7.62. The minimum Gasteiger partial charge on any atom is -0.375 e. The normalized spacial score (nSPS) is 23.7. The number of hydrogen-bond acceptors (Lipinski definition) is 4. The van der Waals surface area contributed by atoms with E-state index >= 15 is 0 Å². The van der Waals surface area contributed by atoms with Crippen LogP contribution >= 0.6 is 36.2 Å². The van der Waals surface area contributed by atoms with Crippen LogP contribution in [0.5, 0.6) is 0 Å². The van der Waals surface area contributed by atoms with Crippen molar-refractivity contribution in [3.8, 4) is 0 Å². The van der Waals surface area contributed by atoms with E-state index in [-0.39, 0.29) is 24.8 Å². The first-order valence-electron chi connectivity index (χ1n) is 6.81. The van der Waals surface area contributed by atoms with Crippen molar-refractivity contribution in [1.82, 2.24) is 9.88 Å². The lowest BCUT2D eigenvalue weighted by molar-refractivity contribution is 0.187. The molecule has 0 radical (unpaired) electrons. The Labute approximate surface area is 131 Å². The highest BCUT2D eigenvalue weighted by atomic mass is 35.5. The van der Waals surface area contributed by atoms with Gasteiger partial charge in [-0.25, -0.2) is 4.98 Å². The number of rotatable bonds is 1. The summed E-state index contributed by atoms with van der Waals surface area (Å²) in [7, 11) is 0. The summed E-state index contributed by atoms with van der Waals surface area (Å²) < 4.78 is 0. The monoisotopic (exact) mass is 323 g/mol. The molecule has 110 valence electrons. The maximum atomic E-state index is 5.80. The number of hydrogen-bond donors (Lipinski definition) is 1. The third-order valence-electron chi connectivity index (χ3n) is 4.09. The number of anilines is 1. The molecule has 1 atom stereocenters. The summed E-state index contributed by atoms with van der Waals surface area (Å²) in [6, 6.07) is 0.750. The van der Waals surface area contributed by atoms with Crippen LogP contribution in [0.4, 0.5) is 5.13 Å². The maximum absolute atomic E-state index is 5.80. The fraction of sp³-hybridized carbons (Fsp3) is 0.769. The van der Waals surface area contributed by atoms with E-state index in [1.807, 2.05) is 0 Å². The predicted octanol–water partition coefficient (Wildman–Crippen LogP) is 3.30. The Kier molecular flexibility index (Phi) is 6.87. The zero-order chi connectivity index (χ0) is 11.7. The molecule has 0 amide bonds. The number of nitrogens with two attached hydrogens (primary N) is 1. The molecule has 2 aliphatic rings. The zero-order valence-corrected chi connectivity index (χ0v) is 13.6. The quantitative estimate of drug-likeness (QED) is 0.862. The fourth-order valence-corrected chi connectivity index (χ4v) is 4.10. The molecule has 0 spiro atoms. The van der Waals surface area contributed by atoms with Gasteiger partial charge in [0.2, 0.25) is 0 Å². The van der Waals surface area contributed by atoms with Crippen LogP contribution < -0.4 is 5.73 Å². The average molecular weight is 324 g/mol. The van der Waals surface area contributed by atoms with Crippen molar-refractivity contribution in [3.05, 3.63) is 10.6 Å². The van der Waals surface area contributed by atoms with Gasteiger partial charge in [-0.05, 0) is 45.2 Å². The molecule has 0 aromatic carbocycles. The van der Waals surface area contributed by atoms with E-state index in [0.29, 0.717) is 0 Å². The van der Waals surface area contributed by atoms with E-state index in [0.717, 1.165) is 17.6 Å². The first-order chi connectivity index (χ1) is 8.33. The lowest BCUT2D eigenvalue weighted by atomic mass is 9.96. The second kappa shape index (κ2) is 7.67. The number of fused-ring (bicyclic) bond motifs is 1. The van der Waals surface area contributed by atoms with Crippen molar-refractivity contribution >= 4 is 41.3 Å². The molecule has 2 heterocycles. The van der Waals surface area contributed by atoms with E-state index in [2.05, 4.69) is 9.88 Å². The van der Waals surface area contributed by atoms with Gasteiger partial charge in [0.15, 0.2) is 5.13 Å². The highest BCUT2D eigenvalue weighted by molar-refractivity contribution is 7.15. The van der Waals surface area contributed by atoms with Gasteiger partial charge in [-0.15, -0.1) is 36.2 Å². The Balaban J connectivity index is 0.000000902. The number of likely N-dealkylation sites (tertiary alicyclic amines) is 1. The smallest absolute Gasteiger partial charge is 0.180 e. The van der Waals surface area contributed by atoms with Gasteiger partial charge in [-0.2, -0.15) is 0 Å². The fourth-order valence-electron chi connectivity index (χ4n) is 3.15. The minimum atomic E-state index is 0. The molecule has 1 saturated heterocycles. The molecule has 1 fully saturated rings. The summed E-state index contributed by atoms with van der Waals surface area (Å²) in [6.45, 7) is 2.60. The van der Waals surface area contributed by atoms with Crippen LogP contribution in [0.1, 0.15) is 42.7 Å². The lowest BCUT2D eigenvalue weighted by Crippen LogP contribution is -2.39. The Bertz CT molecular complexity index is 389. The van der Waals surface area contributed by atoms with Crippen LogP contribution in [0.25, 0.3) is 0 Å². The Morgan fingerprint density at radius 3 is 2.47 bits per heavy atom. The average Bonchev–Trinajstić information content (AvgIpc) is 2.53. The molecule has 19 heavy (non-hydrogen) atoms. The van der Waals surface area contributed by atoms with Gasteiger partial charge in [0.05, 0.1) is 5.69 Å². The predicted molar refractivity (Wildman–Crippen MR) is 86.9 cm³/mol. The summed E-state index contributed by atoms with van der Waals surface area (Å²) in [5, 5.41) is 0.756. The van der Waals surface area contributed by atoms with E-state index in [9.17, 15) is 0 Å². The van der Waals surface area contributed by atoms with E-state index in [1.165, 1.54) is 62.2 Å². The van der Waals surface area contributed by atoms with Crippen molar-refractivity contribution in [2.45, 2.75) is 51.0 Å². The molecule has 0 bridgehead atoms. The maximum Gasteiger partial charge on any atom is 0.180 e. The highest BCUT2D eigenvalue weighted by Gasteiger charge is 2.26. The zero-order valence-electron chi connectivity index (χ0n) is 11.1. The highest BCUT2D eigenvalue weighted by Crippen LogP contribution is 2.30. The summed E-state index contributed by atoms with van der Waals surface area (Å²) >= 11 is 1.70. The molecule has 6 heteroatoms. The van der Waals surface area contributed by atoms with E-state index < -0.39 is 0 Å². The number of thiazole rings is 1. The van der Waals surface area contributed by atoms with Crippen molar-refractivity contribution in [3.63, 3.8) is 0 Å². The first kappa shape index (κ1) is 17.0. The largest absolute Gasteiger partial charge is 0.375 e. The van der Waals surface area contributed by atoms with Gasteiger partial charge < -0.3 is 10.6 Å². The van der Waals surface area contributed by atoms with E-state index in [1.54, 1.807) is 11.3 Å². The SMILES string of the molecule is Cl.Cl.Nc1nc2c(s1)CC(N1CCCCCC1)CC2. The van der Waals surface area contributed by atoms with Gasteiger partial charge in [0, 0.05) is 10.9 Å². The number of aromatic nitrogens is 1. The van der Waals surface area contributed by atoms with Crippen LogP contribution in [0, 0.1) is 0 Å². The molecule has 3 nitrogen and oxygen atoms in total. The van der Waals surface area contributed by atoms with Gasteiger partial charge in [-0.1, -0.05) is 12.8 Å². The molecule has 0 saturated carbocycles. The van der Waals surface area contributed by atoms with Crippen molar-refractivity contribution in [2.24, 2.45) is 0 Å². The van der Waals surface area contributed by atoms with Crippen molar-refractivity contribution < 1.29 is 0 Å². The van der Waals surface area contributed by atoms with Crippen LogP contribution in [-0.2, 0) is 12.8 Å². The van der Waals surface area contributed by atoms with Crippen LogP contribution in [-0.4, -0.2) is 29.0 Å². The third kappa shape index (κ3) is 3.97. The van der Waals surface area contributed by atoms with E-state index in [4.69, 9.17) is 5.73 Å². The standard InChI is InChI=1S/C13H21N3S.2ClH/c14-13-15-11-6-5-10(9-12(11)17-13)16-7-3-1-2-4-8-16;;/h10H,1-9H2,(H2,14,15);2*1H. The van der Waals surface area contributed by atoms with Gasteiger partial charge in [0.1, 0.15) is 0 Å². The van der Waals surface area contributed by atoms with Crippen molar-refractivity contribution in [1.29, 1.82) is 0 Å². The molecular formula is C13H23Cl2N3S. The van der Waals surface area contributed by atoms with Gasteiger partial charge in [-0.3, -0.25) is 0 Å². The summed E-state index contributed by atoms with van der Waals surface area (Å²) in [4.78, 5) is 8.59. The third-order valence-corrected chi connectivity index (χ3v) is 5.04. The van der Waals surface area contributed by atoms with Crippen LogP contribution in [0.15, 0.2) is 0 Å². The number of aryl methyl sites for hydroxylation is 1. The molecule has 1 aromatic heterocycles. The van der Waals surface area contributed by atoms with Crippen LogP contribution in [0.3, 0.4) is 0 Å². The van der Waals surface area contributed by atoms with Crippen LogP contribution in [0.2, 0.25) is 0 Å². The summed E-state index contributed by atoms with van der Waals surface area (Å²) in [5.74, 6) is 0. The van der Waals surface area contributed by atoms with Gasteiger partial charge >= 0.3 is 0 Å². The molecule has 1 aliphatic heterocycles. The second-order valence-electron chi connectivity index (χ2n) is 5.27. The summed E-state index contributed by atoms with van der Waals surface area (Å²) in [5.41, 5.74) is 7.08. The van der Waals surface area contributed by atoms with Gasteiger partial charge in [0.25, 0.3) is 0 Å². The lowest BCUT2D eigenvalue weighted by Gasteiger charge is -2.32. The van der Waals surface area contributed by atoms with Crippen molar-refractivity contribution in [2.75, 3.05) is 18.8 Å². The molecule has 2 N–H and O–H groups in total. The number of nitrogens with zero attached hydrogens (tertiary/aromatic N) is 2. The molecule has 3 rings (SSSR count). The molecule has 1 aliphatic carbocycles. The number of halogens is 2. The summed E-state index contributed by atoms with van der Waals surface area (Å²) in [6.07, 6.45) is 9.19. The Hall–Kier alpha value is -0.0300.